The van der Waals surface area contributed by atoms with E-state index in [1.807, 2.05) is 6.92 Å². The third-order valence-corrected chi connectivity index (χ3v) is 3.78. The van der Waals surface area contributed by atoms with Crippen LogP contribution < -0.4 is 16.4 Å². The third-order valence-electron chi connectivity index (χ3n) is 3.78. The Bertz CT molecular complexity index is 528. The minimum Gasteiger partial charge on any atom is -0.381 e. The number of rotatable bonds is 5. The van der Waals surface area contributed by atoms with Crippen molar-refractivity contribution in [3.05, 3.63) is 29.8 Å². The lowest BCUT2D eigenvalue weighted by Crippen LogP contribution is -2.54. The molecular weight excluding hydrogens is 318 g/mol. The second-order valence-electron chi connectivity index (χ2n) is 5.56. The molecule has 1 heterocycles. The average Bonchev–Trinajstić information content (AvgIpc) is 2.54. The Kier molecular flexibility index (Phi) is 7.48. The van der Waals surface area contributed by atoms with Gasteiger partial charge < -0.3 is 21.1 Å². The smallest absolute Gasteiger partial charge is 0.251 e. The molecule has 0 aromatic heterocycles. The molecule has 1 aliphatic heterocycles. The number of ether oxygens (including phenoxy) is 1. The van der Waals surface area contributed by atoms with Crippen molar-refractivity contribution in [2.75, 3.05) is 25.1 Å². The summed E-state index contributed by atoms with van der Waals surface area (Å²) in [4.78, 5) is 24.1. The summed E-state index contributed by atoms with van der Waals surface area (Å²) < 4.78 is 5.24. The molecule has 1 aromatic carbocycles. The molecule has 0 bridgehead atoms. The summed E-state index contributed by atoms with van der Waals surface area (Å²) in [6.45, 7) is 3.65. The van der Waals surface area contributed by atoms with Crippen LogP contribution in [0.2, 0.25) is 0 Å². The maximum absolute atomic E-state index is 12.3. The fourth-order valence-electron chi connectivity index (χ4n) is 2.26. The lowest BCUT2D eigenvalue weighted by Gasteiger charge is -2.31. The molecule has 0 spiro atoms. The second kappa shape index (κ2) is 8.86. The van der Waals surface area contributed by atoms with Crippen LogP contribution in [0.15, 0.2) is 24.3 Å². The van der Waals surface area contributed by atoms with E-state index >= 15 is 0 Å². The predicted molar refractivity (Wildman–Crippen MR) is 91.9 cm³/mol. The van der Waals surface area contributed by atoms with Gasteiger partial charge >= 0.3 is 0 Å². The normalized spacial score (nSPS) is 16.1. The molecule has 0 radical (unpaired) electrons. The Hall–Kier alpha value is -1.63. The first-order valence-electron chi connectivity index (χ1n) is 7.61. The molecule has 4 N–H and O–H groups in total. The second-order valence-corrected chi connectivity index (χ2v) is 5.56. The molecule has 0 saturated carbocycles. The molecular formula is C16H24ClN3O3. The number of carbonyl (C=O) groups is 2. The Morgan fingerprint density at radius 2 is 1.83 bits per heavy atom. The topological polar surface area (TPSA) is 93.5 Å². The minimum absolute atomic E-state index is 0. The van der Waals surface area contributed by atoms with Gasteiger partial charge in [-0.3, -0.25) is 9.59 Å². The van der Waals surface area contributed by atoms with Crippen molar-refractivity contribution in [3.63, 3.8) is 0 Å². The molecule has 128 valence electrons. The Morgan fingerprint density at radius 3 is 2.39 bits per heavy atom. The molecule has 2 rings (SSSR count). The molecule has 6 nitrogen and oxygen atoms in total. The third kappa shape index (κ3) is 5.20. The highest BCUT2D eigenvalue weighted by Crippen LogP contribution is 2.20. The van der Waals surface area contributed by atoms with Crippen molar-refractivity contribution in [2.24, 2.45) is 5.73 Å². The van der Waals surface area contributed by atoms with E-state index in [0.717, 1.165) is 6.42 Å². The summed E-state index contributed by atoms with van der Waals surface area (Å²) in [5.74, 6) is -0.321. The number of hydrogen-bond donors (Lipinski definition) is 3. The molecule has 1 aromatic rings. The Morgan fingerprint density at radius 1 is 1.22 bits per heavy atom. The zero-order valence-corrected chi connectivity index (χ0v) is 14.1. The highest BCUT2D eigenvalue weighted by atomic mass is 35.5. The standard InChI is InChI=1S/C16H23N3O3.ClH/c1-2-9-18-14(20)12-3-5-13(6-4-12)19-15(21)16(17)7-10-22-11-8-16;/h3-6H,2,7-11,17H2,1H3,(H,18,20)(H,19,21);1H. The fraction of sp³-hybridized carbons (Fsp3) is 0.500. The van der Waals surface area contributed by atoms with Gasteiger partial charge in [0.05, 0.1) is 0 Å². The van der Waals surface area contributed by atoms with Crippen LogP contribution in [0.25, 0.3) is 0 Å². The minimum atomic E-state index is -0.880. The highest BCUT2D eigenvalue weighted by Gasteiger charge is 2.35. The Labute approximate surface area is 142 Å². The summed E-state index contributed by atoms with van der Waals surface area (Å²) in [6.07, 6.45) is 1.91. The van der Waals surface area contributed by atoms with Gasteiger partial charge in [-0.25, -0.2) is 0 Å². The van der Waals surface area contributed by atoms with Gasteiger partial charge in [0.25, 0.3) is 5.91 Å². The van der Waals surface area contributed by atoms with E-state index in [4.69, 9.17) is 10.5 Å². The maximum atomic E-state index is 12.3. The van der Waals surface area contributed by atoms with E-state index in [2.05, 4.69) is 10.6 Å². The van der Waals surface area contributed by atoms with Gasteiger partial charge in [0.2, 0.25) is 5.91 Å². The Balaban J connectivity index is 0.00000264. The van der Waals surface area contributed by atoms with Crippen molar-refractivity contribution in [1.82, 2.24) is 5.32 Å². The van der Waals surface area contributed by atoms with Crippen LogP contribution in [-0.4, -0.2) is 37.1 Å². The summed E-state index contributed by atoms with van der Waals surface area (Å²) in [7, 11) is 0. The molecule has 1 saturated heterocycles. The number of halogens is 1. The molecule has 0 unspecified atom stereocenters. The number of benzene rings is 1. The van der Waals surface area contributed by atoms with Crippen LogP contribution in [0.3, 0.4) is 0 Å². The fourth-order valence-corrected chi connectivity index (χ4v) is 2.26. The van der Waals surface area contributed by atoms with Crippen molar-refractivity contribution < 1.29 is 14.3 Å². The van der Waals surface area contributed by atoms with Crippen molar-refractivity contribution >= 4 is 29.9 Å². The molecule has 0 atom stereocenters. The van der Waals surface area contributed by atoms with E-state index in [0.29, 0.717) is 43.9 Å². The molecule has 23 heavy (non-hydrogen) atoms. The lowest BCUT2D eigenvalue weighted by atomic mass is 9.90. The molecule has 7 heteroatoms. The number of nitrogens with one attached hydrogen (secondary N) is 2. The first-order valence-corrected chi connectivity index (χ1v) is 7.61. The zero-order valence-electron chi connectivity index (χ0n) is 13.3. The van der Waals surface area contributed by atoms with E-state index in [1.165, 1.54) is 0 Å². The highest BCUT2D eigenvalue weighted by molar-refractivity contribution is 5.99. The monoisotopic (exact) mass is 341 g/mol. The average molecular weight is 342 g/mol. The van der Waals surface area contributed by atoms with E-state index in [1.54, 1.807) is 24.3 Å². The number of nitrogens with two attached hydrogens (primary N) is 1. The van der Waals surface area contributed by atoms with Gasteiger partial charge in [-0.15, -0.1) is 12.4 Å². The van der Waals surface area contributed by atoms with Crippen LogP contribution in [-0.2, 0) is 9.53 Å². The van der Waals surface area contributed by atoms with Gasteiger partial charge in [0, 0.05) is 31.0 Å². The first-order chi connectivity index (χ1) is 10.5. The van der Waals surface area contributed by atoms with Gasteiger partial charge in [0.15, 0.2) is 0 Å². The van der Waals surface area contributed by atoms with Crippen LogP contribution in [0.4, 0.5) is 5.69 Å². The number of hydrogen-bond acceptors (Lipinski definition) is 4. The zero-order chi connectivity index (χ0) is 16.0. The summed E-state index contributed by atoms with van der Waals surface area (Å²) in [5.41, 5.74) is 6.45. The van der Waals surface area contributed by atoms with E-state index in [-0.39, 0.29) is 24.2 Å². The summed E-state index contributed by atoms with van der Waals surface area (Å²) in [5, 5.41) is 5.62. The number of anilines is 1. The maximum Gasteiger partial charge on any atom is 0.251 e. The quantitative estimate of drug-likeness (QED) is 0.759. The van der Waals surface area contributed by atoms with Crippen molar-refractivity contribution in [1.29, 1.82) is 0 Å². The van der Waals surface area contributed by atoms with E-state index < -0.39 is 5.54 Å². The summed E-state index contributed by atoms with van der Waals surface area (Å²) >= 11 is 0. The van der Waals surface area contributed by atoms with Crippen molar-refractivity contribution in [2.45, 2.75) is 31.7 Å². The first kappa shape index (κ1) is 19.4. The van der Waals surface area contributed by atoms with Crippen molar-refractivity contribution in [3.8, 4) is 0 Å². The molecule has 1 fully saturated rings. The lowest BCUT2D eigenvalue weighted by molar-refractivity contribution is -0.124. The molecule has 0 aliphatic carbocycles. The van der Waals surface area contributed by atoms with E-state index in [9.17, 15) is 9.59 Å². The van der Waals surface area contributed by atoms with Gasteiger partial charge in [-0.2, -0.15) is 0 Å². The van der Waals surface area contributed by atoms with Gasteiger partial charge in [0.1, 0.15) is 5.54 Å². The van der Waals surface area contributed by atoms with Crippen LogP contribution in [0, 0.1) is 0 Å². The number of amides is 2. The van der Waals surface area contributed by atoms with Gasteiger partial charge in [-0.05, 0) is 43.5 Å². The van der Waals surface area contributed by atoms with Crippen LogP contribution >= 0.6 is 12.4 Å². The van der Waals surface area contributed by atoms with Crippen LogP contribution in [0.5, 0.6) is 0 Å². The predicted octanol–water partition coefficient (Wildman–Crippen LogP) is 1.69. The largest absolute Gasteiger partial charge is 0.381 e. The van der Waals surface area contributed by atoms with Crippen LogP contribution in [0.1, 0.15) is 36.5 Å². The molecule has 1 aliphatic rings. The summed E-state index contributed by atoms with van der Waals surface area (Å²) in [6, 6.07) is 6.80. The molecule has 2 amide bonds. The van der Waals surface area contributed by atoms with Gasteiger partial charge in [-0.1, -0.05) is 6.92 Å². The SMILES string of the molecule is CCCNC(=O)c1ccc(NC(=O)C2(N)CCOCC2)cc1.Cl. The number of carbonyl (C=O) groups excluding carboxylic acids is 2.